The molecule has 0 amide bonds. The van der Waals surface area contributed by atoms with Gasteiger partial charge in [-0.05, 0) is 24.6 Å². The molecule has 34 heavy (non-hydrogen) atoms. The third-order valence-electron chi connectivity index (χ3n) is 5.78. The molecule has 4 heterocycles. The van der Waals surface area contributed by atoms with Crippen LogP contribution in [0.25, 0.3) is 0 Å². The van der Waals surface area contributed by atoms with Crippen LogP contribution in [0.5, 0.6) is 17.4 Å². The first-order valence-electron chi connectivity index (χ1n) is 10.7. The standard InChI is InChI=1S/C22H22F2N6O4/c1-13-26-9-15(10-27-13)34-20-16(23)6-14(7-17(20)24)11-33-18-8-19-29(21(31)28-18)3-2-22(25)12-32-5-4-30(19)22/h6-10H,2-5,11-12,25H2,1H3/t22-/m1/s1. The number of aryl methyl sites for hydroxylation is 1. The maximum absolute atomic E-state index is 14.6. The van der Waals surface area contributed by atoms with E-state index in [9.17, 15) is 13.6 Å². The van der Waals surface area contributed by atoms with Gasteiger partial charge in [0.2, 0.25) is 5.88 Å². The number of anilines is 1. The van der Waals surface area contributed by atoms with E-state index >= 15 is 0 Å². The third kappa shape index (κ3) is 4.17. The van der Waals surface area contributed by atoms with Crippen molar-refractivity contribution >= 4 is 5.82 Å². The number of hydrogen-bond donors (Lipinski definition) is 1. The van der Waals surface area contributed by atoms with Gasteiger partial charge in [0.25, 0.3) is 0 Å². The van der Waals surface area contributed by atoms with Crippen LogP contribution in [-0.4, -0.2) is 44.9 Å². The molecule has 1 aromatic carbocycles. The second kappa shape index (κ2) is 8.61. The number of aromatic nitrogens is 4. The molecule has 2 aliphatic rings. The van der Waals surface area contributed by atoms with Crippen molar-refractivity contribution in [1.29, 1.82) is 0 Å². The average Bonchev–Trinajstić information content (AvgIpc) is 2.81. The van der Waals surface area contributed by atoms with Crippen LogP contribution in [0.4, 0.5) is 14.6 Å². The molecule has 0 radical (unpaired) electrons. The summed E-state index contributed by atoms with van der Waals surface area (Å²) in [5.74, 6) is -1.20. The molecule has 3 aromatic rings. The Balaban J connectivity index is 1.34. The minimum Gasteiger partial charge on any atom is -0.473 e. The van der Waals surface area contributed by atoms with Gasteiger partial charge in [-0.25, -0.2) is 23.5 Å². The fourth-order valence-electron chi connectivity index (χ4n) is 4.04. The molecule has 0 bridgehead atoms. The molecular formula is C22H22F2N6O4. The first-order valence-corrected chi connectivity index (χ1v) is 10.7. The Hall–Kier alpha value is -3.64. The van der Waals surface area contributed by atoms with E-state index in [4.69, 9.17) is 19.9 Å². The smallest absolute Gasteiger partial charge is 0.352 e. The lowest BCUT2D eigenvalue weighted by Gasteiger charge is -2.49. The number of halogens is 2. The zero-order chi connectivity index (χ0) is 23.9. The molecular weight excluding hydrogens is 450 g/mol. The van der Waals surface area contributed by atoms with E-state index in [1.807, 2.05) is 4.90 Å². The van der Waals surface area contributed by atoms with E-state index in [0.29, 0.717) is 44.4 Å². The largest absolute Gasteiger partial charge is 0.473 e. The highest BCUT2D eigenvalue weighted by atomic mass is 19.1. The molecule has 10 nitrogen and oxygen atoms in total. The van der Waals surface area contributed by atoms with Crippen LogP contribution in [0.3, 0.4) is 0 Å². The summed E-state index contributed by atoms with van der Waals surface area (Å²) < 4.78 is 47.0. The summed E-state index contributed by atoms with van der Waals surface area (Å²) in [5.41, 5.74) is 5.47. The average molecular weight is 472 g/mol. The monoisotopic (exact) mass is 472 g/mol. The van der Waals surface area contributed by atoms with Gasteiger partial charge in [-0.15, -0.1) is 0 Å². The van der Waals surface area contributed by atoms with Crippen LogP contribution in [0, 0.1) is 18.6 Å². The molecule has 0 spiro atoms. The van der Waals surface area contributed by atoms with E-state index in [1.165, 1.54) is 17.0 Å². The van der Waals surface area contributed by atoms with Crippen molar-refractivity contribution in [2.75, 3.05) is 24.7 Å². The zero-order valence-electron chi connectivity index (χ0n) is 18.3. The maximum atomic E-state index is 14.6. The maximum Gasteiger partial charge on any atom is 0.352 e. The Labute approximate surface area is 192 Å². The van der Waals surface area contributed by atoms with Gasteiger partial charge in [-0.2, -0.15) is 4.98 Å². The molecule has 12 heteroatoms. The number of nitrogens with two attached hydrogens (primary N) is 1. The van der Waals surface area contributed by atoms with E-state index in [-0.39, 0.29) is 23.8 Å². The van der Waals surface area contributed by atoms with Gasteiger partial charge in [-0.1, -0.05) is 0 Å². The van der Waals surface area contributed by atoms with E-state index < -0.39 is 28.7 Å². The van der Waals surface area contributed by atoms with Gasteiger partial charge in [-0.3, -0.25) is 4.57 Å². The molecule has 0 saturated carbocycles. The Morgan fingerprint density at radius 3 is 2.65 bits per heavy atom. The van der Waals surface area contributed by atoms with E-state index in [2.05, 4.69) is 15.0 Å². The van der Waals surface area contributed by atoms with Gasteiger partial charge >= 0.3 is 5.69 Å². The lowest BCUT2D eigenvalue weighted by Crippen LogP contribution is -2.66. The highest BCUT2D eigenvalue weighted by Crippen LogP contribution is 2.32. The van der Waals surface area contributed by atoms with Gasteiger partial charge < -0.3 is 24.8 Å². The first-order chi connectivity index (χ1) is 16.3. The van der Waals surface area contributed by atoms with Crippen LogP contribution >= 0.6 is 0 Å². The van der Waals surface area contributed by atoms with Gasteiger partial charge in [0.15, 0.2) is 23.1 Å². The van der Waals surface area contributed by atoms with Crippen molar-refractivity contribution < 1.29 is 23.0 Å². The summed E-state index contributed by atoms with van der Waals surface area (Å²) in [4.78, 5) is 26.3. The predicted octanol–water partition coefficient (Wildman–Crippen LogP) is 1.89. The molecule has 0 aliphatic carbocycles. The highest BCUT2D eigenvalue weighted by molar-refractivity contribution is 5.47. The number of fused-ring (bicyclic) bond motifs is 3. The van der Waals surface area contributed by atoms with Crippen molar-refractivity contribution in [3.05, 3.63) is 64.1 Å². The summed E-state index contributed by atoms with van der Waals surface area (Å²) in [6, 6.07) is 3.78. The number of hydrogen-bond acceptors (Lipinski definition) is 9. The Morgan fingerprint density at radius 2 is 1.91 bits per heavy atom. The van der Waals surface area contributed by atoms with Gasteiger partial charge in [0, 0.05) is 25.6 Å². The van der Waals surface area contributed by atoms with Crippen molar-refractivity contribution in [2.45, 2.75) is 32.2 Å². The van der Waals surface area contributed by atoms with Crippen LogP contribution in [0.2, 0.25) is 0 Å². The fraction of sp³-hybridized carbons (Fsp3) is 0.364. The summed E-state index contributed by atoms with van der Waals surface area (Å²) in [7, 11) is 0. The van der Waals surface area contributed by atoms with Crippen LogP contribution in [-0.2, 0) is 17.9 Å². The topological polar surface area (TPSA) is 118 Å². The molecule has 1 saturated heterocycles. The summed E-state index contributed by atoms with van der Waals surface area (Å²) in [5, 5.41) is 0. The van der Waals surface area contributed by atoms with Crippen molar-refractivity contribution in [1.82, 2.24) is 19.5 Å². The molecule has 2 N–H and O–H groups in total. The number of benzene rings is 1. The minimum absolute atomic E-state index is 0.0324. The Kier molecular flexibility index (Phi) is 5.62. The normalized spacial score (nSPS) is 19.4. The quantitative estimate of drug-likeness (QED) is 0.594. The third-order valence-corrected chi connectivity index (χ3v) is 5.78. The van der Waals surface area contributed by atoms with E-state index in [1.54, 1.807) is 13.0 Å². The second-order valence-electron chi connectivity index (χ2n) is 8.19. The predicted molar refractivity (Wildman–Crippen MR) is 116 cm³/mol. The van der Waals surface area contributed by atoms with Crippen molar-refractivity contribution in [3.8, 4) is 17.4 Å². The summed E-state index contributed by atoms with van der Waals surface area (Å²) >= 11 is 0. The number of rotatable bonds is 5. The first kappa shape index (κ1) is 22.2. The lowest BCUT2D eigenvalue weighted by atomic mass is 10.0. The Morgan fingerprint density at radius 1 is 1.18 bits per heavy atom. The van der Waals surface area contributed by atoms with Crippen LogP contribution in [0.1, 0.15) is 17.8 Å². The van der Waals surface area contributed by atoms with E-state index in [0.717, 1.165) is 12.1 Å². The minimum atomic E-state index is -0.918. The molecule has 0 unspecified atom stereocenters. The molecule has 1 atom stereocenters. The van der Waals surface area contributed by atoms with Crippen LogP contribution < -0.4 is 25.8 Å². The molecule has 2 aliphatic heterocycles. The summed E-state index contributed by atoms with van der Waals surface area (Å²) in [6.07, 6.45) is 3.19. The second-order valence-corrected chi connectivity index (χ2v) is 8.19. The molecule has 2 aromatic heterocycles. The van der Waals surface area contributed by atoms with Gasteiger partial charge in [0.1, 0.15) is 23.9 Å². The lowest BCUT2D eigenvalue weighted by molar-refractivity contribution is 0.0394. The zero-order valence-corrected chi connectivity index (χ0v) is 18.3. The fourth-order valence-corrected chi connectivity index (χ4v) is 4.04. The number of ether oxygens (including phenoxy) is 3. The summed E-state index contributed by atoms with van der Waals surface area (Å²) in [6.45, 7) is 3.22. The Bertz CT molecular complexity index is 1260. The SMILES string of the molecule is Cc1ncc(Oc2c(F)cc(COc3cc4n(c(=O)n3)CC[C@]3(N)COCCN43)cc2F)cn1. The van der Waals surface area contributed by atoms with Crippen LogP contribution in [0.15, 0.2) is 35.4 Å². The number of morpholine rings is 1. The highest BCUT2D eigenvalue weighted by Gasteiger charge is 2.41. The van der Waals surface area contributed by atoms with Crippen molar-refractivity contribution in [3.63, 3.8) is 0 Å². The molecule has 178 valence electrons. The van der Waals surface area contributed by atoms with Gasteiger partial charge in [0.05, 0.1) is 25.6 Å². The number of nitrogens with zero attached hydrogens (tertiary/aromatic N) is 5. The molecule has 5 rings (SSSR count). The van der Waals surface area contributed by atoms with Crippen molar-refractivity contribution in [2.24, 2.45) is 5.73 Å². The molecule has 1 fully saturated rings.